The van der Waals surface area contributed by atoms with Crippen molar-refractivity contribution in [3.63, 3.8) is 0 Å². The second kappa shape index (κ2) is 8.36. The number of amides is 1. The van der Waals surface area contributed by atoms with Gasteiger partial charge in [0.05, 0.1) is 0 Å². The fourth-order valence-electron chi connectivity index (χ4n) is 3.20. The van der Waals surface area contributed by atoms with Gasteiger partial charge in [0.15, 0.2) is 6.20 Å². The number of carboxylic acid groups (broad SMARTS) is 1. The molecule has 1 N–H and O–H groups in total. The first-order valence-electron chi connectivity index (χ1n) is 8.80. The van der Waals surface area contributed by atoms with E-state index >= 15 is 0 Å². The van der Waals surface area contributed by atoms with E-state index in [0.717, 1.165) is 17.1 Å². The van der Waals surface area contributed by atoms with Gasteiger partial charge in [0.1, 0.15) is 6.04 Å². The van der Waals surface area contributed by atoms with Crippen LogP contribution in [0.1, 0.15) is 19.8 Å². The average Bonchev–Trinajstić information content (AvgIpc) is 3.16. The summed E-state index contributed by atoms with van der Waals surface area (Å²) >= 11 is 1.61. The number of likely N-dealkylation sites (tertiary alicyclic amines) is 1. The molecule has 5 nitrogen and oxygen atoms in total. The maximum atomic E-state index is 12.7. The van der Waals surface area contributed by atoms with Crippen molar-refractivity contribution >= 4 is 23.6 Å². The highest BCUT2D eigenvalue weighted by atomic mass is 32.2. The summed E-state index contributed by atoms with van der Waals surface area (Å²) in [7, 11) is 0. The molecule has 1 saturated heterocycles. The maximum absolute atomic E-state index is 12.7. The maximum Gasteiger partial charge on any atom is 0.326 e. The van der Waals surface area contributed by atoms with Crippen LogP contribution in [-0.4, -0.2) is 40.2 Å². The Kier molecular flexibility index (Phi) is 5.93. The van der Waals surface area contributed by atoms with Crippen LogP contribution < -0.4 is 4.57 Å². The summed E-state index contributed by atoms with van der Waals surface area (Å²) in [6.45, 7) is 2.42. The van der Waals surface area contributed by atoms with Crippen molar-refractivity contribution in [1.29, 1.82) is 0 Å². The average molecular weight is 371 g/mol. The smallest absolute Gasteiger partial charge is 0.326 e. The molecule has 2 heterocycles. The quantitative estimate of drug-likeness (QED) is 0.627. The first kappa shape index (κ1) is 18.5. The number of carboxylic acids is 1. The number of aromatic nitrogens is 1. The summed E-state index contributed by atoms with van der Waals surface area (Å²) in [4.78, 5) is 25.5. The molecule has 1 aromatic heterocycles. The van der Waals surface area contributed by atoms with E-state index in [2.05, 4.69) is 4.57 Å². The number of pyridine rings is 1. The molecule has 1 amide bonds. The lowest BCUT2D eigenvalue weighted by Gasteiger charge is -2.24. The standard InChI is InChI=1S/C20H22N2O3S/c1-15(19(23)22-13-7-10-17(22)20(24)25)14-26-18-11-5-6-12-21(18)16-8-3-2-4-9-16/h2-6,8-9,11-12,15,17H,7,10,13-14H2,1H3/p+1/t15?,17-/m0/s1. The van der Waals surface area contributed by atoms with Gasteiger partial charge in [-0.25, -0.2) is 4.79 Å². The van der Waals surface area contributed by atoms with Gasteiger partial charge in [0.25, 0.3) is 0 Å². The minimum atomic E-state index is -0.902. The first-order valence-corrected chi connectivity index (χ1v) is 9.78. The largest absolute Gasteiger partial charge is 0.480 e. The summed E-state index contributed by atoms with van der Waals surface area (Å²) in [5.74, 6) is -0.590. The van der Waals surface area contributed by atoms with Gasteiger partial charge in [0, 0.05) is 42.5 Å². The van der Waals surface area contributed by atoms with Crippen molar-refractivity contribution in [2.24, 2.45) is 5.92 Å². The van der Waals surface area contributed by atoms with E-state index in [1.165, 1.54) is 4.90 Å². The summed E-state index contributed by atoms with van der Waals surface area (Å²) in [5, 5.41) is 10.3. The van der Waals surface area contributed by atoms with Crippen LogP contribution in [0.15, 0.2) is 59.8 Å². The molecule has 0 saturated carbocycles. The Labute approximate surface area is 157 Å². The molecule has 6 heteroatoms. The van der Waals surface area contributed by atoms with E-state index in [9.17, 15) is 14.7 Å². The first-order chi connectivity index (χ1) is 12.6. The van der Waals surface area contributed by atoms with E-state index in [1.807, 2.05) is 61.7 Å². The summed E-state index contributed by atoms with van der Waals surface area (Å²) < 4.78 is 2.10. The normalized spacial score (nSPS) is 17.9. The zero-order valence-corrected chi connectivity index (χ0v) is 15.6. The lowest BCUT2D eigenvalue weighted by atomic mass is 10.1. The second-order valence-corrected chi connectivity index (χ2v) is 7.52. The van der Waals surface area contributed by atoms with Crippen LogP contribution in [0.2, 0.25) is 0 Å². The number of nitrogens with zero attached hydrogens (tertiary/aromatic N) is 2. The van der Waals surface area contributed by atoms with Crippen molar-refractivity contribution < 1.29 is 19.3 Å². The molecular weight excluding hydrogens is 348 g/mol. The van der Waals surface area contributed by atoms with Crippen LogP contribution in [0, 0.1) is 5.92 Å². The van der Waals surface area contributed by atoms with Gasteiger partial charge in [-0.2, -0.15) is 4.57 Å². The van der Waals surface area contributed by atoms with Crippen LogP contribution in [-0.2, 0) is 9.59 Å². The third kappa shape index (κ3) is 4.07. The van der Waals surface area contributed by atoms with Crippen molar-refractivity contribution in [1.82, 2.24) is 4.90 Å². The highest BCUT2D eigenvalue weighted by Gasteiger charge is 2.35. The molecule has 1 aromatic carbocycles. The minimum Gasteiger partial charge on any atom is -0.480 e. The summed E-state index contributed by atoms with van der Waals surface area (Å²) in [5.41, 5.74) is 1.07. The van der Waals surface area contributed by atoms with Crippen LogP contribution in [0.3, 0.4) is 0 Å². The predicted octanol–water partition coefficient (Wildman–Crippen LogP) is 2.77. The Morgan fingerprint density at radius 3 is 2.69 bits per heavy atom. The Morgan fingerprint density at radius 2 is 1.96 bits per heavy atom. The van der Waals surface area contributed by atoms with Crippen molar-refractivity contribution in [2.75, 3.05) is 12.3 Å². The minimum absolute atomic E-state index is 0.0652. The number of carbonyl (C=O) groups excluding carboxylic acids is 1. The van der Waals surface area contributed by atoms with Gasteiger partial charge in [0.2, 0.25) is 16.6 Å². The fourth-order valence-corrected chi connectivity index (χ4v) is 4.24. The number of hydrogen-bond acceptors (Lipinski definition) is 3. The zero-order valence-electron chi connectivity index (χ0n) is 14.7. The molecule has 1 unspecified atom stereocenters. The molecule has 0 bridgehead atoms. The van der Waals surface area contributed by atoms with Gasteiger partial charge in [-0.15, -0.1) is 0 Å². The van der Waals surface area contributed by atoms with Crippen LogP contribution >= 0.6 is 11.8 Å². The SMILES string of the molecule is CC(CSc1cccc[n+]1-c1ccccc1)C(=O)N1CCC[C@H]1C(=O)O. The van der Waals surface area contributed by atoms with E-state index in [4.69, 9.17) is 0 Å². The molecule has 1 aliphatic rings. The molecule has 2 aromatic rings. The number of thioether (sulfide) groups is 1. The van der Waals surface area contributed by atoms with Crippen molar-refractivity contribution in [3.8, 4) is 5.69 Å². The molecule has 1 aliphatic heterocycles. The summed E-state index contributed by atoms with van der Waals surface area (Å²) in [6, 6.07) is 15.4. The lowest BCUT2D eigenvalue weighted by molar-refractivity contribution is -0.636. The van der Waals surface area contributed by atoms with E-state index in [0.29, 0.717) is 18.7 Å². The third-order valence-electron chi connectivity index (χ3n) is 4.58. The number of aliphatic carboxylic acids is 1. The molecule has 26 heavy (non-hydrogen) atoms. The monoisotopic (exact) mass is 371 g/mol. The van der Waals surface area contributed by atoms with Gasteiger partial charge < -0.3 is 10.0 Å². The van der Waals surface area contributed by atoms with Gasteiger partial charge in [-0.05, 0) is 18.9 Å². The Hall–Kier alpha value is -2.34. The predicted molar refractivity (Wildman–Crippen MR) is 100 cm³/mol. The van der Waals surface area contributed by atoms with Gasteiger partial charge >= 0.3 is 5.97 Å². The summed E-state index contributed by atoms with van der Waals surface area (Å²) in [6.07, 6.45) is 3.31. The molecule has 1 fully saturated rings. The topological polar surface area (TPSA) is 61.5 Å². The third-order valence-corrected chi connectivity index (χ3v) is 5.88. The number of hydrogen-bond donors (Lipinski definition) is 1. The second-order valence-electron chi connectivity index (χ2n) is 6.48. The molecule has 2 atom stereocenters. The zero-order chi connectivity index (χ0) is 18.5. The molecule has 136 valence electrons. The molecule has 0 spiro atoms. The van der Waals surface area contributed by atoms with Gasteiger partial charge in [-0.1, -0.05) is 36.9 Å². The highest BCUT2D eigenvalue weighted by molar-refractivity contribution is 7.99. The van der Waals surface area contributed by atoms with Crippen molar-refractivity contribution in [3.05, 3.63) is 54.7 Å². The lowest BCUT2D eigenvalue weighted by Crippen LogP contribution is -2.43. The highest BCUT2D eigenvalue weighted by Crippen LogP contribution is 2.24. The van der Waals surface area contributed by atoms with Crippen molar-refractivity contribution in [2.45, 2.75) is 30.8 Å². The Morgan fingerprint density at radius 1 is 1.23 bits per heavy atom. The van der Waals surface area contributed by atoms with E-state index < -0.39 is 12.0 Å². The molecular formula is C20H23N2O3S+. The van der Waals surface area contributed by atoms with Gasteiger partial charge in [-0.3, -0.25) is 4.79 Å². The van der Waals surface area contributed by atoms with E-state index in [-0.39, 0.29) is 11.8 Å². The number of benzene rings is 1. The molecule has 0 aliphatic carbocycles. The van der Waals surface area contributed by atoms with Crippen LogP contribution in [0.4, 0.5) is 0 Å². The molecule has 0 radical (unpaired) electrons. The Balaban J connectivity index is 1.68. The fraction of sp³-hybridized carbons (Fsp3) is 0.350. The van der Waals surface area contributed by atoms with Crippen LogP contribution in [0.25, 0.3) is 5.69 Å². The Bertz CT molecular complexity index is 782. The number of para-hydroxylation sites is 1. The number of rotatable bonds is 6. The van der Waals surface area contributed by atoms with E-state index in [1.54, 1.807) is 11.8 Å². The van der Waals surface area contributed by atoms with Crippen LogP contribution in [0.5, 0.6) is 0 Å². The molecule has 3 rings (SSSR count). The number of carbonyl (C=O) groups is 2.